The van der Waals surface area contributed by atoms with Gasteiger partial charge in [-0.25, -0.2) is 0 Å². The third kappa shape index (κ3) is 21.8. The molecule has 0 saturated carbocycles. The number of hydrogen-bond donors (Lipinski definition) is 6. The lowest BCUT2D eigenvalue weighted by Crippen LogP contribution is -2.42. The fourth-order valence-electron chi connectivity index (χ4n) is 3.74. The van der Waals surface area contributed by atoms with E-state index in [0.717, 1.165) is 32.7 Å². The summed E-state index contributed by atoms with van der Waals surface area (Å²) in [5, 5.41) is 18.0. The Hall–Kier alpha value is -2.28. The SMILES string of the molecule is CCNC(=O)CCNCCNCCN(CCC(=O)NCC)CCN(CCC(=O)NCC)CCC(=O)NCC. The van der Waals surface area contributed by atoms with Gasteiger partial charge in [0, 0.05) is 117 Å². The molecule has 0 bridgehead atoms. The summed E-state index contributed by atoms with van der Waals surface area (Å²) in [6.45, 7) is 17.0. The van der Waals surface area contributed by atoms with Crippen molar-refractivity contribution in [1.29, 1.82) is 0 Å². The van der Waals surface area contributed by atoms with Crippen LogP contribution in [0.4, 0.5) is 0 Å². The first-order valence-electron chi connectivity index (χ1n) is 14.3. The molecule has 0 heterocycles. The van der Waals surface area contributed by atoms with Crippen LogP contribution in [0, 0.1) is 0 Å². The molecule has 6 N–H and O–H groups in total. The summed E-state index contributed by atoms with van der Waals surface area (Å²) < 4.78 is 0. The Labute approximate surface area is 229 Å². The molecule has 0 aromatic rings. The molecule has 0 aliphatic rings. The second kappa shape index (κ2) is 25.0. The van der Waals surface area contributed by atoms with E-state index >= 15 is 0 Å². The number of amides is 4. The van der Waals surface area contributed by atoms with E-state index in [1.807, 2.05) is 27.7 Å². The van der Waals surface area contributed by atoms with Crippen LogP contribution >= 0.6 is 0 Å². The topological polar surface area (TPSA) is 147 Å². The molecule has 0 unspecified atom stereocenters. The van der Waals surface area contributed by atoms with E-state index in [0.29, 0.717) is 84.6 Å². The second-order valence-corrected chi connectivity index (χ2v) is 9.00. The summed E-state index contributed by atoms with van der Waals surface area (Å²) in [7, 11) is 0. The molecule has 38 heavy (non-hydrogen) atoms. The van der Waals surface area contributed by atoms with E-state index in [9.17, 15) is 19.2 Å². The minimum Gasteiger partial charge on any atom is -0.356 e. The van der Waals surface area contributed by atoms with Gasteiger partial charge in [0.1, 0.15) is 0 Å². The van der Waals surface area contributed by atoms with Crippen molar-refractivity contribution in [3.05, 3.63) is 0 Å². The van der Waals surface area contributed by atoms with E-state index in [1.165, 1.54) is 0 Å². The minimum absolute atomic E-state index is 0.00686. The monoisotopic (exact) mass is 542 g/mol. The highest BCUT2D eigenvalue weighted by Crippen LogP contribution is 1.99. The third-order valence-corrected chi connectivity index (χ3v) is 5.81. The van der Waals surface area contributed by atoms with Crippen LogP contribution in [0.3, 0.4) is 0 Å². The molecule has 222 valence electrons. The van der Waals surface area contributed by atoms with Gasteiger partial charge < -0.3 is 41.7 Å². The molecule has 0 aliphatic heterocycles. The van der Waals surface area contributed by atoms with Crippen LogP contribution in [-0.2, 0) is 19.2 Å². The van der Waals surface area contributed by atoms with Crippen LogP contribution in [0.1, 0.15) is 53.4 Å². The minimum atomic E-state index is 0.00686. The zero-order valence-electron chi connectivity index (χ0n) is 24.3. The Bertz CT molecular complexity index is 629. The largest absolute Gasteiger partial charge is 0.356 e. The first-order chi connectivity index (χ1) is 18.4. The molecular weight excluding hydrogens is 488 g/mol. The number of nitrogens with zero attached hydrogens (tertiary/aromatic N) is 2. The predicted molar refractivity (Wildman–Crippen MR) is 152 cm³/mol. The summed E-state index contributed by atoms with van der Waals surface area (Å²) >= 11 is 0. The summed E-state index contributed by atoms with van der Waals surface area (Å²) in [5.74, 6) is 0.104. The average molecular weight is 543 g/mol. The fraction of sp³-hybridized carbons (Fsp3) is 0.846. The molecule has 0 saturated heterocycles. The highest BCUT2D eigenvalue weighted by molar-refractivity contribution is 5.77. The highest BCUT2D eigenvalue weighted by atomic mass is 16.2. The van der Waals surface area contributed by atoms with E-state index < -0.39 is 0 Å². The normalized spacial score (nSPS) is 11.0. The van der Waals surface area contributed by atoms with Crippen LogP contribution in [0.5, 0.6) is 0 Å². The van der Waals surface area contributed by atoms with Gasteiger partial charge >= 0.3 is 0 Å². The summed E-state index contributed by atoms with van der Waals surface area (Å²) in [4.78, 5) is 51.9. The number of hydrogen-bond acceptors (Lipinski definition) is 8. The molecule has 0 aromatic carbocycles. The standard InChI is InChI=1S/C26H54N8O4/c1-5-29-23(35)9-13-27-14-15-28-16-20-34(19-12-26(38)32-8-4)22-21-33(17-10-24(36)30-6-2)18-11-25(37)31-7-3/h27-28H,5-22H2,1-4H3,(H,29,35)(H,30,36)(H,31,37)(H,32,38). The zero-order chi connectivity index (χ0) is 28.4. The Morgan fingerprint density at radius 1 is 0.421 bits per heavy atom. The predicted octanol–water partition coefficient (Wildman–Crippen LogP) is -1.13. The van der Waals surface area contributed by atoms with E-state index in [4.69, 9.17) is 0 Å². The van der Waals surface area contributed by atoms with Crippen molar-refractivity contribution >= 4 is 23.6 Å². The first-order valence-corrected chi connectivity index (χ1v) is 14.3. The molecule has 0 aromatic heterocycles. The molecule has 0 fully saturated rings. The maximum atomic E-state index is 12.0. The van der Waals surface area contributed by atoms with Gasteiger partial charge in [-0.3, -0.25) is 19.2 Å². The van der Waals surface area contributed by atoms with E-state index in [2.05, 4.69) is 41.7 Å². The van der Waals surface area contributed by atoms with Crippen molar-refractivity contribution in [2.75, 3.05) is 91.6 Å². The van der Waals surface area contributed by atoms with Crippen LogP contribution in [0.15, 0.2) is 0 Å². The van der Waals surface area contributed by atoms with Gasteiger partial charge in [0.25, 0.3) is 0 Å². The van der Waals surface area contributed by atoms with Crippen molar-refractivity contribution in [2.24, 2.45) is 0 Å². The Kier molecular flexibility index (Phi) is 23.5. The van der Waals surface area contributed by atoms with Crippen LogP contribution < -0.4 is 31.9 Å². The molecule has 0 aliphatic carbocycles. The van der Waals surface area contributed by atoms with Crippen molar-refractivity contribution in [1.82, 2.24) is 41.7 Å². The van der Waals surface area contributed by atoms with Crippen molar-refractivity contribution < 1.29 is 19.2 Å². The molecule has 0 radical (unpaired) electrons. The number of nitrogens with one attached hydrogen (secondary N) is 6. The Morgan fingerprint density at radius 3 is 1.16 bits per heavy atom. The molecular formula is C26H54N8O4. The fourth-order valence-corrected chi connectivity index (χ4v) is 3.74. The average Bonchev–Trinajstić information content (AvgIpc) is 2.88. The molecule has 12 heteroatoms. The Balaban J connectivity index is 4.69. The van der Waals surface area contributed by atoms with Gasteiger partial charge in [0.05, 0.1) is 0 Å². The third-order valence-electron chi connectivity index (χ3n) is 5.81. The lowest BCUT2D eigenvalue weighted by Gasteiger charge is -2.27. The Morgan fingerprint density at radius 2 is 0.763 bits per heavy atom. The second-order valence-electron chi connectivity index (χ2n) is 9.00. The maximum Gasteiger partial charge on any atom is 0.221 e. The van der Waals surface area contributed by atoms with E-state index in [-0.39, 0.29) is 23.6 Å². The highest BCUT2D eigenvalue weighted by Gasteiger charge is 2.14. The number of carbonyl (C=O) groups excluding carboxylic acids is 4. The number of carbonyl (C=O) groups is 4. The molecule has 4 amide bonds. The molecule has 12 nitrogen and oxygen atoms in total. The summed E-state index contributed by atoms with van der Waals surface area (Å²) in [6, 6.07) is 0. The van der Waals surface area contributed by atoms with Gasteiger partial charge in [0.2, 0.25) is 23.6 Å². The van der Waals surface area contributed by atoms with Gasteiger partial charge in [-0.2, -0.15) is 0 Å². The lowest BCUT2D eigenvalue weighted by atomic mass is 10.3. The molecule has 0 rings (SSSR count). The van der Waals surface area contributed by atoms with Crippen LogP contribution in [0.2, 0.25) is 0 Å². The van der Waals surface area contributed by atoms with Gasteiger partial charge in [0.15, 0.2) is 0 Å². The van der Waals surface area contributed by atoms with E-state index in [1.54, 1.807) is 0 Å². The first kappa shape index (κ1) is 35.7. The van der Waals surface area contributed by atoms with Gasteiger partial charge in [-0.1, -0.05) is 0 Å². The van der Waals surface area contributed by atoms with Crippen molar-refractivity contribution in [3.63, 3.8) is 0 Å². The maximum absolute atomic E-state index is 12.0. The quantitative estimate of drug-likeness (QED) is 0.0795. The van der Waals surface area contributed by atoms with Gasteiger partial charge in [-0.15, -0.1) is 0 Å². The van der Waals surface area contributed by atoms with Crippen LogP contribution in [-0.4, -0.2) is 125 Å². The number of rotatable bonds is 25. The van der Waals surface area contributed by atoms with Crippen molar-refractivity contribution in [2.45, 2.75) is 53.4 Å². The molecule has 0 spiro atoms. The smallest absolute Gasteiger partial charge is 0.221 e. The summed E-state index contributed by atoms with van der Waals surface area (Å²) in [6.07, 6.45) is 1.67. The van der Waals surface area contributed by atoms with Crippen LogP contribution in [0.25, 0.3) is 0 Å². The summed E-state index contributed by atoms with van der Waals surface area (Å²) in [5.41, 5.74) is 0. The lowest BCUT2D eigenvalue weighted by molar-refractivity contribution is -0.122. The zero-order valence-corrected chi connectivity index (χ0v) is 24.3. The van der Waals surface area contributed by atoms with Crippen molar-refractivity contribution in [3.8, 4) is 0 Å². The van der Waals surface area contributed by atoms with Gasteiger partial charge in [-0.05, 0) is 27.7 Å². The molecule has 0 atom stereocenters.